The molecule has 0 spiro atoms. The predicted molar refractivity (Wildman–Crippen MR) is 66.9 cm³/mol. The summed E-state index contributed by atoms with van der Waals surface area (Å²) in [6.45, 7) is 0. The van der Waals surface area contributed by atoms with Gasteiger partial charge in [-0.3, -0.25) is 9.59 Å². The fraction of sp³-hybridized carbons (Fsp3) is 0.154. The van der Waals surface area contributed by atoms with Gasteiger partial charge in [-0.1, -0.05) is 12.1 Å². The molecule has 0 saturated carbocycles. The number of benzene rings is 1. The Morgan fingerprint density at radius 2 is 2.06 bits per heavy atom. The third-order valence-electron chi connectivity index (χ3n) is 2.60. The van der Waals surface area contributed by atoms with Gasteiger partial charge >= 0.3 is 0 Å². The molecule has 92 valence electrons. The van der Waals surface area contributed by atoms with Gasteiger partial charge in [-0.15, -0.1) is 0 Å². The van der Waals surface area contributed by atoms with Gasteiger partial charge in [-0.05, 0) is 18.2 Å². The number of ether oxygens (including phenoxy) is 1. The lowest BCUT2D eigenvalue weighted by atomic mass is 10.1. The standard InChI is InChI=1S/C13H12N2O3/c1-15-13(17)9(8-16)7-11(14-15)10-5-3-4-6-12(10)18-2/h3-8H,1-2H3. The number of rotatable bonds is 3. The quantitative estimate of drug-likeness (QED) is 0.763. The minimum Gasteiger partial charge on any atom is -0.496 e. The summed E-state index contributed by atoms with van der Waals surface area (Å²) >= 11 is 0. The molecule has 0 saturated heterocycles. The van der Waals surface area contributed by atoms with E-state index in [1.54, 1.807) is 13.2 Å². The molecule has 0 radical (unpaired) electrons. The van der Waals surface area contributed by atoms with E-state index in [9.17, 15) is 9.59 Å². The van der Waals surface area contributed by atoms with Crippen LogP contribution in [0.3, 0.4) is 0 Å². The molecule has 0 N–H and O–H groups in total. The number of methoxy groups -OCH3 is 1. The van der Waals surface area contributed by atoms with E-state index in [0.717, 1.165) is 10.2 Å². The summed E-state index contributed by atoms with van der Waals surface area (Å²) in [5.74, 6) is 0.639. The summed E-state index contributed by atoms with van der Waals surface area (Å²) in [4.78, 5) is 22.4. The second kappa shape index (κ2) is 4.83. The van der Waals surface area contributed by atoms with E-state index in [1.807, 2.05) is 18.2 Å². The average molecular weight is 244 g/mol. The molecular formula is C13H12N2O3. The van der Waals surface area contributed by atoms with Gasteiger partial charge in [0.25, 0.3) is 5.56 Å². The van der Waals surface area contributed by atoms with Crippen LogP contribution in [0, 0.1) is 0 Å². The number of nitrogens with zero attached hydrogens (tertiary/aromatic N) is 2. The zero-order chi connectivity index (χ0) is 13.1. The highest BCUT2D eigenvalue weighted by Crippen LogP contribution is 2.27. The second-order valence-corrected chi connectivity index (χ2v) is 3.73. The predicted octanol–water partition coefficient (Wildman–Crippen LogP) is 1.27. The minimum absolute atomic E-state index is 0.0772. The molecular weight excluding hydrogens is 232 g/mol. The molecule has 1 aromatic carbocycles. The van der Waals surface area contributed by atoms with Crippen molar-refractivity contribution in [1.82, 2.24) is 9.78 Å². The number of hydrogen-bond acceptors (Lipinski definition) is 4. The Morgan fingerprint density at radius 3 is 2.72 bits per heavy atom. The Kier molecular flexibility index (Phi) is 3.23. The number of aryl methyl sites for hydroxylation is 1. The van der Waals surface area contributed by atoms with Crippen LogP contribution in [-0.2, 0) is 7.05 Å². The maximum Gasteiger partial charge on any atom is 0.277 e. The fourth-order valence-electron chi connectivity index (χ4n) is 1.70. The molecule has 0 atom stereocenters. The van der Waals surface area contributed by atoms with E-state index in [-0.39, 0.29) is 5.56 Å². The van der Waals surface area contributed by atoms with Crippen LogP contribution in [0.1, 0.15) is 10.4 Å². The van der Waals surface area contributed by atoms with Crippen LogP contribution in [0.15, 0.2) is 35.1 Å². The highest BCUT2D eigenvalue weighted by Gasteiger charge is 2.10. The maximum atomic E-state index is 11.6. The van der Waals surface area contributed by atoms with Crippen molar-refractivity contribution < 1.29 is 9.53 Å². The summed E-state index contributed by atoms with van der Waals surface area (Å²) < 4.78 is 6.37. The zero-order valence-electron chi connectivity index (χ0n) is 10.1. The molecule has 0 amide bonds. The number of carbonyl (C=O) groups excluding carboxylic acids is 1. The summed E-state index contributed by atoms with van der Waals surface area (Å²) in [5.41, 5.74) is 0.924. The van der Waals surface area contributed by atoms with Crippen molar-refractivity contribution in [2.24, 2.45) is 7.05 Å². The smallest absolute Gasteiger partial charge is 0.277 e. The first-order valence-electron chi connectivity index (χ1n) is 5.34. The van der Waals surface area contributed by atoms with Crippen LogP contribution >= 0.6 is 0 Å². The molecule has 2 rings (SSSR count). The van der Waals surface area contributed by atoms with Gasteiger partial charge in [0, 0.05) is 12.6 Å². The lowest BCUT2D eigenvalue weighted by Crippen LogP contribution is -2.23. The third kappa shape index (κ3) is 2.02. The molecule has 0 aliphatic carbocycles. The number of carbonyl (C=O) groups is 1. The Labute approximate surface area is 104 Å². The van der Waals surface area contributed by atoms with Crippen LogP contribution in [-0.4, -0.2) is 23.2 Å². The number of aromatic nitrogens is 2. The van der Waals surface area contributed by atoms with Gasteiger partial charge in [-0.25, -0.2) is 4.68 Å². The minimum atomic E-state index is -0.413. The maximum absolute atomic E-state index is 11.6. The van der Waals surface area contributed by atoms with E-state index in [0.29, 0.717) is 17.7 Å². The molecule has 0 aliphatic heterocycles. The Morgan fingerprint density at radius 1 is 1.33 bits per heavy atom. The zero-order valence-corrected chi connectivity index (χ0v) is 10.1. The van der Waals surface area contributed by atoms with Crippen molar-refractivity contribution in [3.8, 4) is 17.0 Å². The molecule has 0 fully saturated rings. The summed E-state index contributed by atoms with van der Waals surface area (Å²) in [7, 11) is 3.07. The Balaban J connectivity index is 2.68. The van der Waals surface area contributed by atoms with E-state index in [4.69, 9.17) is 4.74 Å². The van der Waals surface area contributed by atoms with Crippen molar-refractivity contribution >= 4 is 6.29 Å². The highest BCUT2D eigenvalue weighted by molar-refractivity contribution is 5.78. The van der Waals surface area contributed by atoms with Crippen molar-refractivity contribution in [3.05, 3.63) is 46.2 Å². The van der Waals surface area contributed by atoms with Crippen LogP contribution in [0.2, 0.25) is 0 Å². The number of aldehydes is 1. The molecule has 1 aromatic heterocycles. The van der Waals surface area contributed by atoms with E-state index < -0.39 is 5.56 Å². The molecule has 0 unspecified atom stereocenters. The lowest BCUT2D eigenvalue weighted by molar-refractivity contribution is 0.112. The lowest BCUT2D eigenvalue weighted by Gasteiger charge is -2.08. The summed E-state index contributed by atoms with van der Waals surface area (Å²) in [5, 5.41) is 4.13. The monoisotopic (exact) mass is 244 g/mol. The van der Waals surface area contributed by atoms with Crippen LogP contribution in [0.4, 0.5) is 0 Å². The van der Waals surface area contributed by atoms with Crippen molar-refractivity contribution in [1.29, 1.82) is 0 Å². The van der Waals surface area contributed by atoms with Crippen molar-refractivity contribution in [3.63, 3.8) is 0 Å². The van der Waals surface area contributed by atoms with Gasteiger partial charge in [0.05, 0.1) is 18.4 Å². The summed E-state index contributed by atoms with van der Waals surface area (Å²) in [6.07, 6.45) is 0.531. The normalized spacial score (nSPS) is 10.1. The van der Waals surface area contributed by atoms with E-state index >= 15 is 0 Å². The van der Waals surface area contributed by atoms with Gasteiger partial charge in [0.2, 0.25) is 0 Å². The van der Waals surface area contributed by atoms with Crippen LogP contribution in [0.25, 0.3) is 11.3 Å². The third-order valence-corrected chi connectivity index (χ3v) is 2.60. The number of hydrogen-bond donors (Lipinski definition) is 0. The van der Waals surface area contributed by atoms with Crippen molar-refractivity contribution in [2.75, 3.05) is 7.11 Å². The van der Waals surface area contributed by atoms with Gasteiger partial charge < -0.3 is 4.74 Å². The first-order valence-corrected chi connectivity index (χ1v) is 5.34. The molecule has 0 aliphatic rings. The molecule has 0 bridgehead atoms. The van der Waals surface area contributed by atoms with Gasteiger partial charge in [0.1, 0.15) is 5.75 Å². The van der Waals surface area contributed by atoms with Gasteiger partial charge in [-0.2, -0.15) is 5.10 Å². The topological polar surface area (TPSA) is 61.2 Å². The molecule has 5 nitrogen and oxygen atoms in total. The SMILES string of the molecule is COc1ccccc1-c1cc(C=O)c(=O)n(C)n1. The van der Waals surface area contributed by atoms with Crippen LogP contribution in [0.5, 0.6) is 5.75 Å². The Bertz CT molecular complexity index is 647. The van der Waals surface area contributed by atoms with Gasteiger partial charge in [0.15, 0.2) is 6.29 Å². The first-order chi connectivity index (χ1) is 8.67. The van der Waals surface area contributed by atoms with Crippen molar-refractivity contribution in [2.45, 2.75) is 0 Å². The average Bonchev–Trinajstić information content (AvgIpc) is 2.41. The van der Waals surface area contributed by atoms with Crippen LogP contribution < -0.4 is 10.3 Å². The fourth-order valence-corrected chi connectivity index (χ4v) is 1.70. The first kappa shape index (κ1) is 12.0. The number of para-hydroxylation sites is 1. The van der Waals surface area contributed by atoms with E-state index in [1.165, 1.54) is 13.1 Å². The molecule has 5 heteroatoms. The highest BCUT2D eigenvalue weighted by atomic mass is 16.5. The molecule has 2 aromatic rings. The molecule has 1 heterocycles. The Hall–Kier alpha value is -2.43. The van der Waals surface area contributed by atoms with E-state index in [2.05, 4.69) is 5.10 Å². The largest absolute Gasteiger partial charge is 0.496 e. The second-order valence-electron chi connectivity index (χ2n) is 3.73. The summed E-state index contributed by atoms with van der Waals surface area (Å²) in [6, 6.07) is 8.76. The molecule has 18 heavy (non-hydrogen) atoms.